The summed E-state index contributed by atoms with van der Waals surface area (Å²) in [6, 6.07) is 60.7. The van der Waals surface area contributed by atoms with Crippen molar-refractivity contribution in [3.8, 4) is 27.9 Å². The summed E-state index contributed by atoms with van der Waals surface area (Å²) in [6.45, 7) is 4.94. The lowest BCUT2D eigenvalue weighted by molar-refractivity contribution is -0.00518. The molecule has 5 fully saturated rings. The number of para-hydroxylation sites is 1. The van der Waals surface area contributed by atoms with Crippen LogP contribution >= 0.6 is 0 Å². The molecule has 0 spiro atoms. The fraction of sp³-hybridized carbons (Fsp3) is 0.311. The van der Waals surface area contributed by atoms with Gasteiger partial charge in [-0.1, -0.05) is 124 Å². The molecule has 0 N–H and O–H groups in total. The van der Waals surface area contributed by atoms with E-state index < -0.39 is 0 Å². The number of aromatic nitrogens is 1. The van der Waals surface area contributed by atoms with Crippen LogP contribution in [0.3, 0.4) is 0 Å². The van der Waals surface area contributed by atoms with Crippen LogP contribution in [-0.2, 0) is 10.8 Å². The van der Waals surface area contributed by atoms with Crippen molar-refractivity contribution < 1.29 is 0 Å². The minimum atomic E-state index is -0.238. The smallest absolute Gasteiger partial charge is 0.0544 e. The van der Waals surface area contributed by atoms with Crippen LogP contribution in [0.1, 0.15) is 113 Å². The van der Waals surface area contributed by atoms with Crippen molar-refractivity contribution >= 4 is 38.9 Å². The number of fused-ring (bicyclic) bond motifs is 7. The quantitative estimate of drug-likeness (QED) is 0.156. The van der Waals surface area contributed by atoms with Crippen LogP contribution < -0.4 is 4.90 Å². The van der Waals surface area contributed by atoms with Crippen molar-refractivity contribution in [2.24, 2.45) is 17.8 Å². The minimum Gasteiger partial charge on any atom is -0.310 e. The Morgan fingerprint density at radius 3 is 1.81 bits per heavy atom. The summed E-state index contributed by atoms with van der Waals surface area (Å²) in [6.07, 6.45) is 15.4. The molecule has 0 radical (unpaired) electrons. The standard InChI is InChI=1S/C61H58N2/c1-60(2)55-36-51(27-28-52(55)53-29-31-57-58(59(53)60)54-35-46(44-14-8-4-9-15-44)20-30-56(54)63(57)48-16-10-5-11-17-48)62(49-23-18-45(19-24-49)43-12-6-3-7-13-43)50-25-21-47(22-26-50)61-37-40-32-41(38-61)34-42(33-40)39-61/h4-5,8-11,14-31,35-36,40-43H,3,6-7,12-13,32-34,37-39H2,1-2H3. The topological polar surface area (TPSA) is 8.17 Å². The van der Waals surface area contributed by atoms with Gasteiger partial charge < -0.3 is 9.47 Å². The first kappa shape index (κ1) is 37.7. The lowest BCUT2D eigenvalue weighted by Gasteiger charge is -2.57. The molecule has 1 aromatic heterocycles. The van der Waals surface area contributed by atoms with Crippen LogP contribution in [0.15, 0.2) is 158 Å². The molecular formula is C61H58N2. The molecular weight excluding hydrogens is 761 g/mol. The maximum atomic E-state index is 2.55. The predicted molar refractivity (Wildman–Crippen MR) is 264 cm³/mol. The fourth-order valence-electron chi connectivity index (χ4n) is 14.4. The molecule has 0 aliphatic heterocycles. The molecule has 4 bridgehead atoms. The lowest BCUT2D eigenvalue weighted by Crippen LogP contribution is -2.48. The summed E-state index contributed by atoms with van der Waals surface area (Å²) in [4.78, 5) is 2.55. The summed E-state index contributed by atoms with van der Waals surface area (Å²) < 4.78 is 2.48. The third-order valence-electron chi connectivity index (χ3n) is 16.9. The Hall–Kier alpha value is -5.86. The van der Waals surface area contributed by atoms with Crippen molar-refractivity contribution in [1.82, 2.24) is 4.57 Å². The van der Waals surface area contributed by atoms with Gasteiger partial charge in [0.2, 0.25) is 0 Å². The molecule has 0 amide bonds. The molecule has 63 heavy (non-hydrogen) atoms. The first-order valence-corrected chi connectivity index (χ1v) is 24.3. The van der Waals surface area contributed by atoms with E-state index in [1.165, 1.54) is 154 Å². The average Bonchev–Trinajstić information content (AvgIpc) is 3.77. The predicted octanol–water partition coefficient (Wildman–Crippen LogP) is 16.7. The van der Waals surface area contributed by atoms with Gasteiger partial charge in [-0.3, -0.25) is 0 Å². The molecule has 8 aromatic rings. The minimum absolute atomic E-state index is 0.238. The van der Waals surface area contributed by atoms with E-state index in [-0.39, 0.29) is 5.41 Å². The zero-order valence-corrected chi connectivity index (χ0v) is 37.0. The number of rotatable bonds is 7. The van der Waals surface area contributed by atoms with Crippen LogP contribution in [0.5, 0.6) is 0 Å². The molecule has 7 aromatic carbocycles. The second kappa shape index (κ2) is 14.3. The Labute approximate surface area is 373 Å². The number of anilines is 3. The van der Waals surface area contributed by atoms with E-state index in [1.807, 2.05) is 0 Å². The molecule has 6 aliphatic rings. The molecule has 0 unspecified atom stereocenters. The maximum Gasteiger partial charge on any atom is 0.0544 e. The summed E-state index contributed by atoms with van der Waals surface area (Å²) in [5.41, 5.74) is 18.7. The van der Waals surface area contributed by atoms with E-state index in [0.29, 0.717) is 11.3 Å². The molecule has 1 heterocycles. The highest BCUT2D eigenvalue weighted by Gasteiger charge is 2.51. The molecule has 2 heteroatoms. The van der Waals surface area contributed by atoms with E-state index in [9.17, 15) is 0 Å². The summed E-state index contributed by atoms with van der Waals surface area (Å²) in [7, 11) is 0. The second-order valence-electron chi connectivity index (χ2n) is 21.0. The summed E-state index contributed by atoms with van der Waals surface area (Å²) in [5.74, 6) is 3.51. The third-order valence-corrected chi connectivity index (χ3v) is 16.9. The van der Waals surface area contributed by atoms with Crippen molar-refractivity contribution in [2.75, 3.05) is 4.90 Å². The molecule has 312 valence electrons. The lowest BCUT2D eigenvalue weighted by atomic mass is 9.48. The van der Waals surface area contributed by atoms with Crippen molar-refractivity contribution in [1.29, 1.82) is 0 Å². The van der Waals surface area contributed by atoms with E-state index in [2.05, 4.69) is 181 Å². The number of benzene rings is 7. The Balaban J connectivity index is 0.947. The summed E-state index contributed by atoms with van der Waals surface area (Å²) in [5, 5.41) is 2.68. The zero-order valence-electron chi connectivity index (χ0n) is 37.0. The van der Waals surface area contributed by atoms with Gasteiger partial charge in [0.1, 0.15) is 0 Å². The zero-order chi connectivity index (χ0) is 41.9. The molecule has 2 nitrogen and oxygen atoms in total. The first-order chi connectivity index (χ1) is 30.9. The Morgan fingerprint density at radius 1 is 0.524 bits per heavy atom. The Kier molecular flexibility index (Phi) is 8.57. The van der Waals surface area contributed by atoms with E-state index in [1.54, 1.807) is 5.56 Å². The molecule has 5 saturated carbocycles. The Morgan fingerprint density at radius 2 is 1.13 bits per heavy atom. The largest absolute Gasteiger partial charge is 0.310 e. The highest BCUT2D eigenvalue weighted by atomic mass is 15.1. The van der Waals surface area contributed by atoms with Crippen LogP contribution in [0.2, 0.25) is 0 Å². The van der Waals surface area contributed by atoms with Gasteiger partial charge in [0, 0.05) is 38.9 Å². The molecule has 0 saturated heterocycles. The highest BCUT2D eigenvalue weighted by molar-refractivity contribution is 6.15. The van der Waals surface area contributed by atoms with Gasteiger partial charge in [-0.2, -0.15) is 0 Å². The molecule has 6 aliphatic carbocycles. The van der Waals surface area contributed by atoms with E-state index in [4.69, 9.17) is 0 Å². The average molecular weight is 819 g/mol. The van der Waals surface area contributed by atoms with Gasteiger partial charge in [-0.25, -0.2) is 0 Å². The third kappa shape index (κ3) is 5.96. The monoisotopic (exact) mass is 818 g/mol. The molecule has 0 atom stereocenters. The fourth-order valence-corrected chi connectivity index (χ4v) is 14.4. The van der Waals surface area contributed by atoms with Crippen LogP contribution in [0.25, 0.3) is 49.7 Å². The van der Waals surface area contributed by atoms with Crippen molar-refractivity contribution in [3.05, 3.63) is 180 Å². The normalized spacial score (nSPS) is 23.3. The SMILES string of the molecule is CC1(C)c2cc(N(c3ccc(C4CCCCC4)cc3)c3ccc(C45CC6CC(CC(C6)C4)C5)cc3)ccc2-c2ccc3c(c21)c1cc(-c2ccccc2)ccc1n3-c1ccccc1. The Bertz CT molecular complexity index is 2980. The van der Waals surface area contributed by atoms with Crippen LogP contribution in [0.4, 0.5) is 17.1 Å². The van der Waals surface area contributed by atoms with Crippen molar-refractivity contribution in [2.45, 2.75) is 101 Å². The number of nitrogens with zero attached hydrogens (tertiary/aromatic N) is 2. The summed E-state index contributed by atoms with van der Waals surface area (Å²) >= 11 is 0. The molecule has 14 rings (SSSR count). The number of hydrogen-bond acceptors (Lipinski definition) is 1. The van der Waals surface area contributed by atoms with Gasteiger partial charge in [-0.05, 0) is 192 Å². The van der Waals surface area contributed by atoms with Gasteiger partial charge in [0.05, 0.1) is 11.0 Å². The maximum absolute atomic E-state index is 2.55. The van der Waals surface area contributed by atoms with Gasteiger partial charge in [0.15, 0.2) is 0 Å². The van der Waals surface area contributed by atoms with E-state index in [0.717, 1.165) is 17.8 Å². The van der Waals surface area contributed by atoms with Crippen LogP contribution in [0, 0.1) is 17.8 Å². The van der Waals surface area contributed by atoms with E-state index >= 15 is 0 Å². The van der Waals surface area contributed by atoms with Gasteiger partial charge in [-0.15, -0.1) is 0 Å². The first-order valence-electron chi connectivity index (χ1n) is 24.3. The number of hydrogen-bond donors (Lipinski definition) is 0. The van der Waals surface area contributed by atoms with Gasteiger partial charge in [0.25, 0.3) is 0 Å². The second-order valence-corrected chi connectivity index (χ2v) is 21.0. The van der Waals surface area contributed by atoms with Gasteiger partial charge >= 0.3 is 0 Å². The van der Waals surface area contributed by atoms with Crippen molar-refractivity contribution in [3.63, 3.8) is 0 Å². The highest BCUT2D eigenvalue weighted by Crippen LogP contribution is 2.61. The van der Waals surface area contributed by atoms with Crippen LogP contribution in [-0.4, -0.2) is 4.57 Å².